The second-order valence-electron chi connectivity index (χ2n) is 6.92. The van der Waals surface area contributed by atoms with E-state index in [0.717, 1.165) is 11.3 Å². The van der Waals surface area contributed by atoms with E-state index in [1.54, 1.807) is 19.6 Å². The lowest BCUT2D eigenvalue weighted by atomic mass is 9.75. The number of nitrogens with zero attached hydrogens (tertiary/aromatic N) is 2. The summed E-state index contributed by atoms with van der Waals surface area (Å²) in [6.45, 7) is 0.817. The van der Waals surface area contributed by atoms with E-state index >= 15 is 0 Å². The third-order valence-electron chi connectivity index (χ3n) is 4.82. The Morgan fingerprint density at radius 2 is 2.19 bits per heavy atom. The van der Waals surface area contributed by atoms with Gasteiger partial charge in [0.1, 0.15) is 5.75 Å². The number of carbonyl (C=O) groups is 1. The van der Waals surface area contributed by atoms with Crippen LogP contribution in [0, 0.1) is 5.41 Å². The molecule has 9 heteroatoms. The maximum atomic E-state index is 12.9. The molecule has 0 spiro atoms. The number of nitrogens with one attached hydrogen (secondary N) is 2. The van der Waals surface area contributed by atoms with E-state index in [0.29, 0.717) is 25.1 Å². The van der Waals surface area contributed by atoms with Gasteiger partial charge in [-0.25, -0.2) is 13.4 Å². The average Bonchev–Trinajstić information content (AvgIpc) is 3.10. The summed E-state index contributed by atoms with van der Waals surface area (Å²) in [6.07, 6.45) is 5.56. The molecule has 1 aliphatic rings. The van der Waals surface area contributed by atoms with Crippen molar-refractivity contribution in [1.29, 1.82) is 0 Å². The van der Waals surface area contributed by atoms with Crippen molar-refractivity contribution in [2.45, 2.75) is 12.8 Å². The summed E-state index contributed by atoms with van der Waals surface area (Å²) in [7, 11) is -1.73. The molecule has 2 heterocycles. The van der Waals surface area contributed by atoms with Gasteiger partial charge in [0.15, 0.2) is 0 Å². The maximum Gasteiger partial charge on any atom is 0.229 e. The zero-order valence-electron chi connectivity index (χ0n) is 15.4. The molecule has 0 bridgehead atoms. The van der Waals surface area contributed by atoms with Gasteiger partial charge < -0.3 is 15.0 Å². The number of methoxy groups -OCH3 is 1. The van der Waals surface area contributed by atoms with Crippen molar-refractivity contribution in [3.8, 4) is 5.75 Å². The van der Waals surface area contributed by atoms with Crippen LogP contribution in [0.2, 0.25) is 0 Å². The van der Waals surface area contributed by atoms with Crippen LogP contribution in [0.3, 0.4) is 0 Å². The van der Waals surface area contributed by atoms with Crippen LogP contribution >= 0.6 is 0 Å². The summed E-state index contributed by atoms with van der Waals surface area (Å²) >= 11 is 0. The van der Waals surface area contributed by atoms with E-state index in [1.165, 1.54) is 10.6 Å². The van der Waals surface area contributed by atoms with E-state index < -0.39 is 15.4 Å². The molecular formula is C18H24N4O4S. The highest BCUT2D eigenvalue weighted by Crippen LogP contribution is 2.36. The van der Waals surface area contributed by atoms with Gasteiger partial charge in [0, 0.05) is 37.9 Å². The van der Waals surface area contributed by atoms with Crippen molar-refractivity contribution in [2.75, 3.05) is 33.0 Å². The third-order valence-corrected chi connectivity index (χ3v) is 6.02. The first-order valence-electron chi connectivity index (χ1n) is 8.66. The second-order valence-corrected chi connectivity index (χ2v) is 8.90. The van der Waals surface area contributed by atoms with Crippen LogP contribution in [0.25, 0.3) is 0 Å². The van der Waals surface area contributed by atoms with Gasteiger partial charge in [-0.05, 0) is 24.1 Å². The van der Waals surface area contributed by atoms with Gasteiger partial charge in [0.2, 0.25) is 15.9 Å². The van der Waals surface area contributed by atoms with Crippen LogP contribution in [-0.2, 0) is 27.7 Å². The highest BCUT2D eigenvalue weighted by atomic mass is 32.2. The fourth-order valence-corrected chi connectivity index (χ4v) is 4.26. The molecule has 1 fully saturated rings. The number of aromatic amines is 1. The average molecular weight is 392 g/mol. The molecule has 0 radical (unpaired) electrons. The molecule has 0 atom stereocenters. The summed E-state index contributed by atoms with van der Waals surface area (Å²) in [5, 5.41) is 2.95. The molecule has 0 unspecified atom stereocenters. The monoisotopic (exact) mass is 392 g/mol. The summed E-state index contributed by atoms with van der Waals surface area (Å²) in [5.41, 5.74) is 1.10. The SMILES string of the molecule is COc1cccc(CC2(C(=O)NCCc3cnc[nH]3)CN(S(C)(=O)=O)C2)c1. The lowest BCUT2D eigenvalue weighted by Gasteiger charge is -2.47. The van der Waals surface area contributed by atoms with Gasteiger partial charge >= 0.3 is 0 Å². The van der Waals surface area contributed by atoms with Gasteiger partial charge in [-0.15, -0.1) is 0 Å². The normalized spacial score (nSPS) is 16.5. The van der Waals surface area contributed by atoms with Crippen LogP contribution in [0.4, 0.5) is 0 Å². The van der Waals surface area contributed by atoms with Crippen molar-refractivity contribution in [1.82, 2.24) is 19.6 Å². The van der Waals surface area contributed by atoms with E-state index in [9.17, 15) is 13.2 Å². The Morgan fingerprint density at radius 1 is 1.41 bits per heavy atom. The highest BCUT2D eigenvalue weighted by Gasteiger charge is 2.52. The number of aromatic nitrogens is 2. The first-order chi connectivity index (χ1) is 12.8. The lowest BCUT2D eigenvalue weighted by molar-refractivity contribution is -0.137. The quantitative estimate of drug-likeness (QED) is 0.684. The number of H-pyrrole nitrogens is 1. The number of carbonyl (C=O) groups excluding carboxylic acids is 1. The Kier molecular flexibility index (Phi) is 5.52. The number of hydrogen-bond acceptors (Lipinski definition) is 5. The van der Waals surface area contributed by atoms with E-state index in [-0.39, 0.29) is 19.0 Å². The number of imidazole rings is 1. The minimum atomic E-state index is -3.32. The van der Waals surface area contributed by atoms with Gasteiger partial charge in [-0.2, -0.15) is 4.31 Å². The number of benzene rings is 1. The molecule has 0 saturated carbocycles. The Hall–Kier alpha value is -2.39. The van der Waals surface area contributed by atoms with Crippen LogP contribution in [0.1, 0.15) is 11.3 Å². The Morgan fingerprint density at radius 3 is 2.81 bits per heavy atom. The van der Waals surface area contributed by atoms with Crippen LogP contribution in [0.15, 0.2) is 36.8 Å². The Labute approximate surface area is 159 Å². The van der Waals surface area contributed by atoms with Crippen LogP contribution in [-0.4, -0.2) is 61.6 Å². The third kappa shape index (κ3) is 4.48. The van der Waals surface area contributed by atoms with Crippen molar-refractivity contribution in [3.63, 3.8) is 0 Å². The molecule has 1 amide bonds. The summed E-state index contributed by atoms with van der Waals surface area (Å²) in [6, 6.07) is 7.50. The molecule has 8 nitrogen and oxygen atoms in total. The van der Waals surface area contributed by atoms with Gasteiger partial charge in [-0.1, -0.05) is 12.1 Å². The Balaban J connectivity index is 1.71. The summed E-state index contributed by atoms with van der Waals surface area (Å²) < 4.78 is 30.2. The molecule has 1 aromatic carbocycles. The maximum absolute atomic E-state index is 12.9. The minimum absolute atomic E-state index is 0.135. The van der Waals surface area contributed by atoms with Gasteiger partial charge in [-0.3, -0.25) is 4.79 Å². The fraction of sp³-hybridized carbons (Fsp3) is 0.444. The second kappa shape index (κ2) is 7.69. The first kappa shape index (κ1) is 19.4. The van der Waals surface area contributed by atoms with E-state index in [2.05, 4.69) is 15.3 Å². The topological polar surface area (TPSA) is 104 Å². The van der Waals surface area contributed by atoms with Crippen molar-refractivity contribution in [2.24, 2.45) is 5.41 Å². The lowest BCUT2D eigenvalue weighted by Crippen LogP contribution is -2.65. The fourth-order valence-electron chi connectivity index (χ4n) is 3.29. The van der Waals surface area contributed by atoms with Crippen molar-refractivity contribution >= 4 is 15.9 Å². The number of sulfonamides is 1. The molecule has 27 heavy (non-hydrogen) atoms. The molecule has 1 aromatic heterocycles. The van der Waals surface area contributed by atoms with Crippen molar-refractivity contribution < 1.29 is 17.9 Å². The molecule has 2 N–H and O–H groups in total. The zero-order valence-corrected chi connectivity index (χ0v) is 16.3. The van der Waals surface area contributed by atoms with E-state index in [4.69, 9.17) is 4.74 Å². The first-order valence-corrected chi connectivity index (χ1v) is 10.5. The molecule has 2 aromatic rings. The number of amides is 1. The van der Waals surface area contributed by atoms with E-state index in [1.807, 2.05) is 24.3 Å². The smallest absolute Gasteiger partial charge is 0.229 e. The van der Waals surface area contributed by atoms with Crippen molar-refractivity contribution in [3.05, 3.63) is 48.0 Å². The predicted octanol–water partition coefficient (Wildman–Crippen LogP) is 0.581. The number of ether oxygens (including phenoxy) is 1. The molecule has 3 rings (SSSR count). The molecular weight excluding hydrogens is 368 g/mol. The molecule has 1 saturated heterocycles. The largest absolute Gasteiger partial charge is 0.497 e. The van der Waals surface area contributed by atoms with Crippen LogP contribution < -0.4 is 10.1 Å². The zero-order chi connectivity index (χ0) is 19.5. The molecule has 0 aliphatic carbocycles. The highest BCUT2D eigenvalue weighted by molar-refractivity contribution is 7.88. The minimum Gasteiger partial charge on any atom is -0.497 e. The van der Waals surface area contributed by atoms with Crippen LogP contribution in [0.5, 0.6) is 5.75 Å². The number of rotatable bonds is 8. The summed E-state index contributed by atoms with van der Waals surface area (Å²) in [4.78, 5) is 19.9. The molecule has 1 aliphatic heterocycles. The Bertz CT molecular complexity index is 890. The van der Waals surface area contributed by atoms with Gasteiger partial charge in [0.05, 0.1) is 25.1 Å². The number of hydrogen-bond donors (Lipinski definition) is 2. The summed E-state index contributed by atoms with van der Waals surface area (Å²) in [5.74, 6) is 0.575. The predicted molar refractivity (Wildman–Crippen MR) is 101 cm³/mol. The van der Waals surface area contributed by atoms with Gasteiger partial charge in [0.25, 0.3) is 0 Å². The molecule has 146 valence electrons. The standard InChI is InChI=1S/C18H24N4O4S/c1-26-16-5-3-4-14(8-16)9-18(11-22(12-18)27(2,24)25)17(23)20-7-6-15-10-19-13-21-15/h3-5,8,10,13H,6-7,9,11-12H2,1-2H3,(H,19,21)(H,20,23).